The van der Waals surface area contributed by atoms with Gasteiger partial charge >= 0.3 is 0 Å². The van der Waals surface area contributed by atoms with Gasteiger partial charge < -0.3 is 10.3 Å². The summed E-state index contributed by atoms with van der Waals surface area (Å²) < 4.78 is 0. The number of nitriles is 1. The Kier molecular flexibility index (Phi) is 2.47. The molecule has 18 heavy (non-hydrogen) atoms. The van der Waals surface area contributed by atoms with Gasteiger partial charge in [0.15, 0.2) is 0 Å². The van der Waals surface area contributed by atoms with Gasteiger partial charge in [0, 0.05) is 28.5 Å². The molecule has 86 valence electrons. The van der Waals surface area contributed by atoms with Gasteiger partial charge in [-0.1, -0.05) is 6.07 Å². The number of H-pyrrole nitrogens is 1. The molecule has 3 nitrogen and oxygen atoms in total. The Morgan fingerprint density at radius 1 is 1.00 bits per heavy atom. The quantitative estimate of drug-likeness (QED) is 0.707. The van der Waals surface area contributed by atoms with Crippen molar-refractivity contribution in [3.8, 4) is 6.07 Å². The topological polar surface area (TPSA) is 51.6 Å². The molecule has 3 heteroatoms. The van der Waals surface area contributed by atoms with Crippen LogP contribution in [0.2, 0.25) is 0 Å². The molecule has 0 aliphatic carbocycles. The molecule has 2 aromatic carbocycles. The van der Waals surface area contributed by atoms with Crippen LogP contribution in [0, 0.1) is 11.3 Å². The largest absolute Gasteiger partial charge is 0.361 e. The molecule has 0 atom stereocenters. The number of nitrogens with one attached hydrogen (secondary N) is 2. The summed E-state index contributed by atoms with van der Waals surface area (Å²) in [4.78, 5) is 3.16. The lowest BCUT2D eigenvalue weighted by molar-refractivity contribution is 1.47. The van der Waals surface area contributed by atoms with Gasteiger partial charge in [-0.05, 0) is 42.5 Å². The first-order valence-electron chi connectivity index (χ1n) is 5.69. The molecule has 3 aromatic rings. The zero-order valence-electron chi connectivity index (χ0n) is 9.64. The summed E-state index contributed by atoms with van der Waals surface area (Å²) in [5.74, 6) is 0. The lowest BCUT2D eigenvalue weighted by Crippen LogP contribution is -1.90. The van der Waals surface area contributed by atoms with E-state index in [1.807, 2.05) is 42.6 Å². The predicted octanol–water partition coefficient (Wildman–Crippen LogP) is 3.78. The second-order valence-corrected chi connectivity index (χ2v) is 4.10. The number of fused-ring (bicyclic) bond motifs is 1. The molecule has 0 unspecified atom stereocenters. The third-order valence-corrected chi connectivity index (χ3v) is 2.83. The van der Waals surface area contributed by atoms with Gasteiger partial charge in [-0.25, -0.2) is 0 Å². The van der Waals surface area contributed by atoms with Gasteiger partial charge in [0.05, 0.1) is 11.6 Å². The van der Waals surface area contributed by atoms with Crippen molar-refractivity contribution in [1.82, 2.24) is 4.98 Å². The molecule has 1 heterocycles. The molecule has 0 spiro atoms. The third-order valence-electron chi connectivity index (χ3n) is 2.83. The molecule has 0 bridgehead atoms. The van der Waals surface area contributed by atoms with Gasteiger partial charge in [-0.3, -0.25) is 0 Å². The van der Waals surface area contributed by atoms with E-state index >= 15 is 0 Å². The van der Waals surface area contributed by atoms with Crippen LogP contribution in [0.25, 0.3) is 10.9 Å². The van der Waals surface area contributed by atoms with Crippen LogP contribution in [0.3, 0.4) is 0 Å². The van der Waals surface area contributed by atoms with E-state index in [4.69, 9.17) is 5.26 Å². The van der Waals surface area contributed by atoms with Crippen molar-refractivity contribution >= 4 is 22.3 Å². The molecule has 0 aliphatic heterocycles. The van der Waals surface area contributed by atoms with Gasteiger partial charge in [0.2, 0.25) is 0 Å². The highest BCUT2D eigenvalue weighted by Crippen LogP contribution is 2.22. The van der Waals surface area contributed by atoms with Crippen molar-refractivity contribution in [1.29, 1.82) is 5.26 Å². The molecule has 0 fully saturated rings. The first-order valence-corrected chi connectivity index (χ1v) is 5.69. The molecule has 0 saturated carbocycles. The molecule has 0 amide bonds. The summed E-state index contributed by atoms with van der Waals surface area (Å²) in [6, 6.07) is 17.7. The van der Waals surface area contributed by atoms with Crippen LogP contribution in [0.5, 0.6) is 0 Å². The Morgan fingerprint density at radius 3 is 2.78 bits per heavy atom. The van der Waals surface area contributed by atoms with Crippen molar-refractivity contribution in [2.45, 2.75) is 0 Å². The van der Waals surface area contributed by atoms with E-state index in [-0.39, 0.29) is 0 Å². The highest BCUT2D eigenvalue weighted by Gasteiger charge is 1.99. The van der Waals surface area contributed by atoms with E-state index < -0.39 is 0 Å². The maximum Gasteiger partial charge on any atom is 0.0992 e. The summed E-state index contributed by atoms with van der Waals surface area (Å²) in [5, 5.41) is 13.3. The van der Waals surface area contributed by atoms with Gasteiger partial charge in [0.25, 0.3) is 0 Å². The summed E-state index contributed by atoms with van der Waals surface area (Å²) >= 11 is 0. The van der Waals surface area contributed by atoms with Gasteiger partial charge in [0.1, 0.15) is 0 Å². The Bertz CT molecular complexity index is 735. The minimum Gasteiger partial charge on any atom is -0.361 e. The molecule has 1 aromatic heterocycles. The van der Waals surface area contributed by atoms with Crippen molar-refractivity contribution in [2.24, 2.45) is 0 Å². The summed E-state index contributed by atoms with van der Waals surface area (Å²) in [6.07, 6.45) is 1.92. The molecule has 2 N–H and O–H groups in total. The van der Waals surface area contributed by atoms with Crippen LogP contribution in [-0.4, -0.2) is 4.98 Å². The first-order chi connectivity index (χ1) is 8.85. The maximum atomic E-state index is 8.86. The Hall–Kier alpha value is -2.73. The van der Waals surface area contributed by atoms with E-state index in [9.17, 15) is 0 Å². The van der Waals surface area contributed by atoms with Crippen LogP contribution in [0.4, 0.5) is 11.4 Å². The molecule has 0 aliphatic rings. The number of aromatic nitrogens is 1. The van der Waals surface area contributed by atoms with E-state index in [2.05, 4.69) is 22.4 Å². The SMILES string of the molecule is N#Cc1cccc(Nc2ccc3[nH]ccc3c2)c1. The number of aromatic amines is 1. The van der Waals surface area contributed by atoms with Crippen LogP contribution in [0.15, 0.2) is 54.7 Å². The normalized spacial score (nSPS) is 10.2. The van der Waals surface area contributed by atoms with Gasteiger partial charge in [-0.15, -0.1) is 0 Å². The maximum absolute atomic E-state index is 8.86. The van der Waals surface area contributed by atoms with E-state index in [1.165, 1.54) is 0 Å². The Balaban J connectivity index is 1.93. The van der Waals surface area contributed by atoms with Crippen LogP contribution in [0.1, 0.15) is 5.56 Å². The fourth-order valence-electron chi connectivity index (χ4n) is 1.96. The van der Waals surface area contributed by atoms with E-state index in [0.29, 0.717) is 5.56 Å². The highest BCUT2D eigenvalue weighted by molar-refractivity contribution is 5.84. The number of nitrogens with zero attached hydrogens (tertiary/aromatic N) is 1. The van der Waals surface area contributed by atoms with Crippen molar-refractivity contribution < 1.29 is 0 Å². The first kappa shape index (κ1) is 10.4. The molecular weight excluding hydrogens is 222 g/mol. The fraction of sp³-hybridized carbons (Fsp3) is 0. The average molecular weight is 233 g/mol. The van der Waals surface area contributed by atoms with Crippen LogP contribution in [-0.2, 0) is 0 Å². The van der Waals surface area contributed by atoms with Gasteiger partial charge in [-0.2, -0.15) is 5.26 Å². The Labute approximate surface area is 105 Å². The number of anilines is 2. The predicted molar refractivity (Wildman–Crippen MR) is 72.7 cm³/mol. The molecule has 0 radical (unpaired) electrons. The number of hydrogen-bond acceptors (Lipinski definition) is 2. The van der Waals surface area contributed by atoms with Crippen molar-refractivity contribution in [2.75, 3.05) is 5.32 Å². The number of rotatable bonds is 2. The van der Waals surface area contributed by atoms with Crippen molar-refractivity contribution in [3.63, 3.8) is 0 Å². The summed E-state index contributed by atoms with van der Waals surface area (Å²) in [6.45, 7) is 0. The summed E-state index contributed by atoms with van der Waals surface area (Å²) in [5.41, 5.74) is 3.70. The van der Waals surface area contributed by atoms with Crippen LogP contribution < -0.4 is 5.32 Å². The summed E-state index contributed by atoms with van der Waals surface area (Å²) in [7, 11) is 0. The van der Waals surface area contributed by atoms with Crippen molar-refractivity contribution in [3.05, 3.63) is 60.3 Å². The zero-order valence-corrected chi connectivity index (χ0v) is 9.64. The standard InChI is InChI=1S/C15H11N3/c16-10-11-2-1-3-13(8-11)18-14-4-5-15-12(9-14)6-7-17-15/h1-9,17-18H. The number of benzene rings is 2. The lowest BCUT2D eigenvalue weighted by atomic mass is 10.2. The van der Waals surface area contributed by atoms with E-state index in [0.717, 1.165) is 22.3 Å². The molecule has 3 rings (SSSR count). The fourth-order valence-corrected chi connectivity index (χ4v) is 1.96. The minimum absolute atomic E-state index is 0.655. The zero-order chi connectivity index (χ0) is 12.4. The number of hydrogen-bond donors (Lipinski definition) is 2. The molecule has 0 saturated heterocycles. The van der Waals surface area contributed by atoms with Crippen LogP contribution >= 0.6 is 0 Å². The molecular formula is C15H11N3. The minimum atomic E-state index is 0.655. The second kappa shape index (κ2) is 4.27. The Morgan fingerprint density at radius 2 is 1.89 bits per heavy atom. The second-order valence-electron chi connectivity index (χ2n) is 4.10. The smallest absolute Gasteiger partial charge is 0.0992 e. The average Bonchev–Trinajstić information content (AvgIpc) is 2.86. The third kappa shape index (κ3) is 1.92. The highest BCUT2D eigenvalue weighted by atomic mass is 14.9. The van der Waals surface area contributed by atoms with E-state index in [1.54, 1.807) is 6.07 Å². The lowest BCUT2D eigenvalue weighted by Gasteiger charge is -2.06. The monoisotopic (exact) mass is 233 g/mol.